The highest BCUT2D eigenvalue weighted by Crippen LogP contribution is 2.38. The van der Waals surface area contributed by atoms with Crippen LogP contribution in [0.25, 0.3) is 0 Å². The fourth-order valence-electron chi connectivity index (χ4n) is 2.39. The number of esters is 2. The molecule has 8 nitrogen and oxygen atoms in total. The molecule has 0 aliphatic carbocycles. The predicted molar refractivity (Wildman–Crippen MR) is 83.3 cm³/mol. The van der Waals surface area contributed by atoms with Gasteiger partial charge in [-0.15, -0.1) is 0 Å². The molecule has 2 heterocycles. The second-order valence-corrected chi connectivity index (χ2v) is 5.77. The molecule has 0 unspecified atom stereocenters. The Morgan fingerprint density at radius 1 is 1.17 bits per heavy atom. The van der Waals surface area contributed by atoms with Crippen LogP contribution in [0.4, 0.5) is 11.4 Å². The average Bonchev–Trinajstić information content (AvgIpc) is 2.49. The van der Waals surface area contributed by atoms with E-state index in [0.29, 0.717) is 17.1 Å². The third kappa shape index (κ3) is 2.78. The highest BCUT2D eigenvalue weighted by atomic mass is 16.7. The summed E-state index contributed by atoms with van der Waals surface area (Å²) in [6, 6.07) is 5.14. The number of rotatable bonds is 2. The van der Waals surface area contributed by atoms with Crippen molar-refractivity contribution in [2.45, 2.75) is 19.6 Å². The summed E-state index contributed by atoms with van der Waals surface area (Å²) in [6.45, 7) is 2.90. The van der Waals surface area contributed by atoms with Crippen molar-refractivity contribution in [3.63, 3.8) is 0 Å². The van der Waals surface area contributed by atoms with Crippen molar-refractivity contribution in [2.24, 2.45) is 0 Å². The van der Waals surface area contributed by atoms with Gasteiger partial charge in [0.25, 0.3) is 11.7 Å². The Labute approximate surface area is 138 Å². The molecule has 0 aromatic heterocycles. The molecule has 1 amide bonds. The van der Waals surface area contributed by atoms with Crippen molar-refractivity contribution in [3.8, 4) is 5.75 Å². The number of nitrogens with zero attached hydrogens (tertiary/aromatic N) is 1. The second kappa shape index (κ2) is 5.55. The smallest absolute Gasteiger partial charge is 0.350 e. The highest BCUT2D eigenvalue weighted by molar-refractivity contribution is 6.15. The van der Waals surface area contributed by atoms with Gasteiger partial charge in [0, 0.05) is 27.1 Å². The predicted octanol–water partition coefficient (Wildman–Crippen LogP) is 1.17. The lowest BCUT2D eigenvalue weighted by Crippen LogP contribution is -2.42. The van der Waals surface area contributed by atoms with Gasteiger partial charge in [0.05, 0.1) is 5.69 Å². The number of carbonyl (C=O) groups is 3. The molecule has 1 N–H and O–H groups in total. The molecular formula is C16H16N2O6. The van der Waals surface area contributed by atoms with E-state index in [9.17, 15) is 14.4 Å². The van der Waals surface area contributed by atoms with E-state index in [1.54, 1.807) is 25.2 Å². The largest absolute Gasteiger partial charge is 0.481 e. The number of anilines is 2. The third-order valence-electron chi connectivity index (χ3n) is 3.55. The zero-order valence-electron chi connectivity index (χ0n) is 13.4. The Balaban J connectivity index is 1.89. The molecule has 2 aliphatic heterocycles. The molecule has 1 saturated heterocycles. The minimum absolute atomic E-state index is 0.0399. The van der Waals surface area contributed by atoms with Crippen LogP contribution < -0.4 is 15.0 Å². The summed E-state index contributed by atoms with van der Waals surface area (Å²) in [5, 5.41) is 2.84. The maximum absolute atomic E-state index is 11.9. The van der Waals surface area contributed by atoms with Gasteiger partial charge >= 0.3 is 11.9 Å². The van der Waals surface area contributed by atoms with Gasteiger partial charge in [-0.1, -0.05) is 6.07 Å². The first-order valence-corrected chi connectivity index (χ1v) is 7.24. The topological polar surface area (TPSA) is 94.2 Å². The zero-order chi connectivity index (χ0) is 17.5. The normalized spacial score (nSPS) is 19.0. The third-order valence-corrected chi connectivity index (χ3v) is 3.55. The van der Waals surface area contributed by atoms with Crippen LogP contribution in [0, 0.1) is 0 Å². The van der Waals surface area contributed by atoms with Crippen LogP contribution in [0.15, 0.2) is 30.0 Å². The van der Waals surface area contributed by atoms with Crippen molar-refractivity contribution >= 4 is 29.2 Å². The number of nitrogens with one attached hydrogen (secondary N) is 1. The second-order valence-electron chi connectivity index (χ2n) is 5.77. The minimum atomic E-state index is -1.29. The van der Waals surface area contributed by atoms with Crippen LogP contribution in [-0.2, 0) is 23.9 Å². The fraction of sp³-hybridized carbons (Fsp3) is 0.312. The van der Waals surface area contributed by atoms with E-state index >= 15 is 0 Å². The first-order chi connectivity index (χ1) is 11.3. The van der Waals surface area contributed by atoms with E-state index in [2.05, 4.69) is 5.32 Å². The van der Waals surface area contributed by atoms with E-state index in [1.165, 1.54) is 24.9 Å². The number of cyclic esters (lactones) is 2. The first-order valence-electron chi connectivity index (χ1n) is 7.24. The van der Waals surface area contributed by atoms with Gasteiger partial charge in [0.1, 0.15) is 11.4 Å². The number of fused-ring (bicyclic) bond motifs is 1. The maximum atomic E-state index is 11.9. The van der Waals surface area contributed by atoms with Gasteiger partial charge in [-0.3, -0.25) is 4.79 Å². The molecule has 126 valence electrons. The first kappa shape index (κ1) is 15.9. The van der Waals surface area contributed by atoms with Gasteiger partial charge in [-0.2, -0.15) is 0 Å². The lowest BCUT2D eigenvalue weighted by atomic mass is 10.2. The number of para-hydroxylation sites is 1. The Morgan fingerprint density at radius 2 is 1.83 bits per heavy atom. The summed E-state index contributed by atoms with van der Waals surface area (Å²) in [5.74, 6) is -2.54. The minimum Gasteiger partial charge on any atom is -0.481 e. The maximum Gasteiger partial charge on any atom is 0.350 e. The van der Waals surface area contributed by atoms with Gasteiger partial charge in [0.2, 0.25) is 0 Å². The highest BCUT2D eigenvalue weighted by Gasteiger charge is 2.39. The van der Waals surface area contributed by atoms with E-state index < -0.39 is 17.7 Å². The number of ether oxygens (including phenoxy) is 3. The standard InChI is InChI=1S/C16H16N2O6/c1-16(2)23-14(20)9(15(21)24-16)7-17-10-5-4-6-11-13(10)18(3)12(19)8-22-11/h4-7,17H,8H2,1-3H3. The van der Waals surface area contributed by atoms with Crippen LogP contribution in [0.2, 0.25) is 0 Å². The van der Waals surface area contributed by atoms with Crippen molar-refractivity contribution in [2.75, 3.05) is 23.9 Å². The van der Waals surface area contributed by atoms with Gasteiger partial charge in [-0.25, -0.2) is 9.59 Å². The van der Waals surface area contributed by atoms with Crippen LogP contribution >= 0.6 is 0 Å². The van der Waals surface area contributed by atoms with Gasteiger partial charge in [-0.05, 0) is 12.1 Å². The van der Waals surface area contributed by atoms with Crippen LogP contribution in [0.3, 0.4) is 0 Å². The lowest BCUT2D eigenvalue weighted by molar-refractivity contribution is -0.222. The number of hydrogen-bond acceptors (Lipinski definition) is 7. The number of amides is 1. The fourth-order valence-corrected chi connectivity index (χ4v) is 2.39. The Bertz CT molecular complexity index is 746. The van der Waals surface area contributed by atoms with Crippen molar-refractivity contribution in [1.82, 2.24) is 0 Å². The van der Waals surface area contributed by atoms with E-state index in [4.69, 9.17) is 14.2 Å². The van der Waals surface area contributed by atoms with Crippen molar-refractivity contribution < 1.29 is 28.6 Å². The number of hydrogen-bond donors (Lipinski definition) is 1. The summed E-state index contributed by atoms with van der Waals surface area (Å²) in [5.41, 5.74) is 0.752. The van der Waals surface area contributed by atoms with E-state index in [1.807, 2.05) is 0 Å². The Hall–Kier alpha value is -3.03. The van der Waals surface area contributed by atoms with Crippen molar-refractivity contribution in [3.05, 3.63) is 30.0 Å². The molecule has 2 aliphatic rings. The average molecular weight is 332 g/mol. The Morgan fingerprint density at radius 3 is 2.50 bits per heavy atom. The molecule has 0 radical (unpaired) electrons. The number of likely N-dealkylation sites (N-methyl/N-ethyl adjacent to an activating group) is 1. The number of carbonyl (C=O) groups excluding carboxylic acids is 3. The molecule has 0 bridgehead atoms. The summed E-state index contributed by atoms with van der Waals surface area (Å²) in [7, 11) is 1.62. The van der Waals surface area contributed by atoms with Crippen LogP contribution in [-0.4, -0.2) is 37.3 Å². The zero-order valence-corrected chi connectivity index (χ0v) is 13.4. The van der Waals surface area contributed by atoms with Crippen LogP contribution in [0.1, 0.15) is 13.8 Å². The Kier molecular flexibility index (Phi) is 3.67. The van der Waals surface area contributed by atoms with Gasteiger partial charge < -0.3 is 24.4 Å². The lowest BCUT2D eigenvalue weighted by Gasteiger charge is -2.30. The summed E-state index contributed by atoms with van der Waals surface area (Å²) >= 11 is 0. The molecule has 3 rings (SSSR count). The molecule has 0 spiro atoms. The SMILES string of the molecule is CN1C(=O)COc2cccc(NC=C3C(=O)OC(C)(C)OC3=O)c21. The molecular weight excluding hydrogens is 316 g/mol. The van der Waals surface area contributed by atoms with Crippen LogP contribution in [0.5, 0.6) is 5.75 Å². The molecule has 0 saturated carbocycles. The molecule has 1 aromatic rings. The van der Waals surface area contributed by atoms with E-state index in [-0.39, 0.29) is 18.1 Å². The quantitative estimate of drug-likeness (QED) is 0.493. The monoisotopic (exact) mass is 332 g/mol. The van der Waals surface area contributed by atoms with Crippen molar-refractivity contribution in [1.29, 1.82) is 0 Å². The molecule has 1 fully saturated rings. The molecule has 24 heavy (non-hydrogen) atoms. The molecule has 8 heteroatoms. The molecule has 0 atom stereocenters. The molecule has 1 aromatic carbocycles. The summed E-state index contributed by atoms with van der Waals surface area (Å²) < 4.78 is 15.4. The van der Waals surface area contributed by atoms with E-state index in [0.717, 1.165) is 0 Å². The summed E-state index contributed by atoms with van der Waals surface area (Å²) in [4.78, 5) is 37.1. The summed E-state index contributed by atoms with van der Waals surface area (Å²) in [6.07, 6.45) is 1.20. The number of benzene rings is 1. The van der Waals surface area contributed by atoms with Gasteiger partial charge in [0.15, 0.2) is 12.2 Å².